The number of rotatable bonds is 7. The van der Waals surface area contributed by atoms with Crippen molar-refractivity contribution in [2.75, 3.05) is 0 Å². The van der Waals surface area contributed by atoms with Crippen LogP contribution in [0.25, 0.3) is 95.0 Å². The van der Waals surface area contributed by atoms with Crippen LogP contribution in [0.5, 0.6) is 0 Å². The van der Waals surface area contributed by atoms with E-state index in [0.717, 1.165) is 39.0 Å². The summed E-state index contributed by atoms with van der Waals surface area (Å²) in [6.45, 7) is 0. The molecule has 0 aliphatic carbocycles. The Hall–Kier alpha value is -7.43. The predicted octanol–water partition coefficient (Wildman–Crippen LogP) is 13.0. The number of nitrogens with zero attached hydrogens (tertiary/aromatic N) is 4. The molecule has 0 aliphatic heterocycles. The number of hydrogen-bond acceptors (Lipinski definition) is 3. The van der Waals surface area contributed by atoms with Crippen LogP contribution in [0.1, 0.15) is 0 Å². The largest absolute Gasteiger partial charge is 0.309 e. The van der Waals surface area contributed by atoms with Crippen molar-refractivity contribution in [1.29, 1.82) is 0 Å². The minimum absolute atomic E-state index is 0.623. The lowest BCUT2D eigenvalue weighted by atomic mass is 9.89. The van der Waals surface area contributed by atoms with Crippen molar-refractivity contribution in [3.05, 3.63) is 206 Å². The molecular weight excluding hydrogens is 669 g/mol. The van der Waals surface area contributed by atoms with Crippen LogP contribution in [0.15, 0.2) is 206 Å². The van der Waals surface area contributed by atoms with Crippen LogP contribution >= 0.6 is 0 Å². The van der Waals surface area contributed by atoms with Crippen LogP contribution < -0.4 is 0 Å². The number of aromatic nitrogens is 4. The molecule has 0 radical (unpaired) electrons. The molecule has 0 unspecified atom stereocenters. The Bertz CT molecular complexity index is 2900. The van der Waals surface area contributed by atoms with Crippen LogP contribution in [-0.2, 0) is 0 Å². The van der Waals surface area contributed by atoms with Gasteiger partial charge in [0.2, 0.25) is 0 Å². The molecule has 0 amide bonds. The fourth-order valence-corrected chi connectivity index (χ4v) is 7.69. The van der Waals surface area contributed by atoms with Crippen molar-refractivity contribution in [1.82, 2.24) is 19.5 Å². The second kappa shape index (κ2) is 13.8. The van der Waals surface area contributed by atoms with Crippen molar-refractivity contribution in [3.8, 4) is 73.2 Å². The monoisotopic (exact) mass is 702 g/mol. The zero-order valence-electron chi connectivity index (χ0n) is 29.9. The minimum atomic E-state index is 0.623. The van der Waals surface area contributed by atoms with Gasteiger partial charge >= 0.3 is 0 Å². The molecule has 0 aliphatic rings. The number of fused-ring (bicyclic) bond motifs is 3. The first-order chi connectivity index (χ1) is 27.3. The molecule has 10 aromatic rings. The van der Waals surface area contributed by atoms with Gasteiger partial charge in [-0.1, -0.05) is 176 Å². The van der Waals surface area contributed by atoms with Crippen molar-refractivity contribution < 1.29 is 0 Å². The third-order valence-corrected chi connectivity index (χ3v) is 10.2. The summed E-state index contributed by atoms with van der Waals surface area (Å²) in [6, 6.07) is 72.4. The van der Waals surface area contributed by atoms with Gasteiger partial charge in [0.1, 0.15) is 0 Å². The van der Waals surface area contributed by atoms with Crippen LogP contribution in [0.3, 0.4) is 0 Å². The van der Waals surface area contributed by atoms with E-state index in [1.54, 1.807) is 0 Å². The summed E-state index contributed by atoms with van der Waals surface area (Å²) in [5.41, 5.74) is 13.2. The zero-order chi connectivity index (χ0) is 36.6. The van der Waals surface area contributed by atoms with Gasteiger partial charge in [-0.3, -0.25) is 0 Å². The van der Waals surface area contributed by atoms with Gasteiger partial charge in [0.05, 0.1) is 11.0 Å². The molecule has 4 heteroatoms. The maximum absolute atomic E-state index is 5.06. The summed E-state index contributed by atoms with van der Waals surface area (Å²) in [5.74, 6) is 1.90. The Balaban J connectivity index is 1.23. The Morgan fingerprint density at radius 1 is 0.291 bits per heavy atom. The van der Waals surface area contributed by atoms with E-state index >= 15 is 0 Å². The third kappa shape index (κ3) is 5.96. The van der Waals surface area contributed by atoms with E-state index in [4.69, 9.17) is 15.0 Å². The first-order valence-corrected chi connectivity index (χ1v) is 18.5. The highest BCUT2D eigenvalue weighted by atomic mass is 15.0. The molecule has 4 nitrogen and oxygen atoms in total. The Morgan fingerprint density at radius 3 is 1.42 bits per heavy atom. The van der Waals surface area contributed by atoms with Crippen molar-refractivity contribution in [2.45, 2.75) is 0 Å². The normalized spacial score (nSPS) is 11.3. The second-order valence-corrected chi connectivity index (χ2v) is 13.6. The van der Waals surface area contributed by atoms with Crippen molar-refractivity contribution >= 4 is 21.8 Å². The molecule has 0 saturated heterocycles. The fourth-order valence-electron chi connectivity index (χ4n) is 7.69. The van der Waals surface area contributed by atoms with Crippen molar-refractivity contribution in [2.24, 2.45) is 0 Å². The molecule has 0 saturated carbocycles. The highest BCUT2D eigenvalue weighted by molar-refractivity contribution is 6.18. The molecule has 0 bridgehead atoms. The first-order valence-electron chi connectivity index (χ1n) is 18.5. The molecule has 2 heterocycles. The SMILES string of the molecule is c1ccc(-c2cc(-c3ccccc3-c3ccccc3)c3c4ccccc4n(-c4cccc(-c5nc(-c6ccccc6)nc(-c6ccccc6)n5)c4)c3c2)cc1. The standard InChI is InChI=1S/C51H34N4/c1-5-18-35(19-6-1)40-33-45(43-29-14-13-28-42(43)36-20-7-2-8-21-36)48-44-30-15-16-31-46(44)55(47(48)34-40)41-27-17-26-39(32-41)51-53-49(37-22-9-3-10-23-37)52-50(54-51)38-24-11-4-12-25-38/h1-34H. The highest BCUT2D eigenvalue weighted by Crippen LogP contribution is 2.44. The highest BCUT2D eigenvalue weighted by Gasteiger charge is 2.21. The maximum Gasteiger partial charge on any atom is 0.164 e. The molecule has 55 heavy (non-hydrogen) atoms. The summed E-state index contributed by atoms with van der Waals surface area (Å²) in [6.07, 6.45) is 0. The van der Waals surface area contributed by atoms with Gasteiger partial charge in [-0.25, -0.2) is 15.0 Å². The van der Waals surface area contributed by atoms with E-state index in [-0.39, 0.29) is 0 Å². The van der Waals surface area contributed by atoms with E-state index < -0.39 is 0 Å². The van der Waals surface area contributed by atoms with Gasteiger partial charge in [0.25, 0.3) is 0 Å². The van der Waals surface area contributed by atoms with E-state index in [1.807, 2.05) is 60.7 Å². The van der Waals surface area contributed by atoms with E-state index in [2.05, 4.69) is 150 Å². The van der Waals surface area contributed by atoms with E-state index in [1.165, 1.54) is 38.6 Å². The third-order valence-electron chi connectivity index (χ3n) is 10.2. The lowest BCUT2D eigenvalue weighted by Gasteiger charge is -2.15. The van der Waals surface area contributed by atoms with Crippen molar-refractivity contribution in [3.63, 3.8) is 0 Å². The molecule has 10 rings (SSSR count). The van der Waals surface area contributed by atoms with Crippen LogP contribution in [-0.4, -0.2) is 19.5 Å². The van der Waals surface area contributed by atoms with E-state index in [9.17, 15) is 0 Å². The smallest absolute Gasteiger partial charge is 0.164 e. The molecule has 0 atom stereocenters. The quantitative estimate of drug-likeness (QED) is 0.166. The molecular formula is C51H34N4. The summed E-state index contributed by atoms with van der Waals surface area (Å²) < 4.78 is 2.40. The minimum Gasteiger partial charge on any atom is -0.309 e. The lowest BCUT2D eigenvalue weighted by molar-refractivity contribution is 1.07. The van der Waals surface area contributed by atoms with Gasteiger partial charge in [0, 0.05) is 33.2 Å². The predicted molar refractivity (Wildman–Crippen MR) is 227 cm³/mol. The number of para-hydroxylation sites is 1. The molecule has 0 spiro atoms. The summed E-state index contributed by atoms with van der Waals surface area (Å²) in [4.78, 5) is 15.1. The van der Waals surface area contributed by atoms with Crippen LogP contribution in [0.4, 0.5) is 0 Å². The summed E-state index contributed by atoms with van der Waals surface area (Å²) in [5, 5.41) is 2.40. The van der Waals surface area contributed by atoms with Gasteiger partial charge in [0.15, 0.2) is 17.5 Å². The molecule has 258 valence electrons. The Morgan fingerprint density at radius 2 is 0.782 bits per heavy atom. The molecule has 8 aromatic carbocycles. The van der Waals surface area contributed by atoms with Gasteiger partial charge < -0.3 is 4.57 Å². The van der Waals surface area contributed by atoms with Gasteiger partial charge in [-0.05, 0) is 63.7 Å². The fraction of sp³-hybridized carbons (Fsp3) is 0. The average molecular weight is 703 g/mol. The van der Waals surface area contributed by atoms with Crippen LogP contribution in [0.2, 0.25) is 0 Å². The second-order valence-electron chi connectivity index (χ2n) is 13.6. The first kappa shape index (κ1) is 32.2. The Kier molecular flexibility index (Phi) is 8.12. The van der Waals surface area contributed by atoms with Crippen LogP contribution in [0, 0.1) is 0 Å². The van der Waals surface area contributed by atoms with Gasteiger partial charge in [-0.15, -0.1) is 0 Å². The number of benzene rings is 8. The summed E-state index contributed by atoms with van der Waals surface area (Å²) in [7, 11) is 0. The average Bonchev–Trinajstić information content (AvgIpc) is 3.61. The Labute approximate surface area is 319 Å². The molecule has 0 fully saturated rings. The van der Waals surface area contributed by atoms with Gasteiger partial charge in [-0.2, -0.15) is 0 Å². The van der Waals surface area contributed by atoms with E-state index in [0.29, 0.717) is 17.5 Å². The zero-order valence-corrected chi connectivity index (χ0v) is 29.9. The number of hydrogen-bond donors (Lipinski definition) is 0. The maximum atomic E-state index is 5.06. The topological polar surface area (TPSA) is 43.6 Å². The lowest BCUT2D eigenvalue weighted by Crippen LogP contribution is -2.01. The molecule has 0 N–H and O–H groups in total. The summed E-state index contributed by atoms with van der Waals surface area (Å²) >= 11 is 0. The molecule has 2 aromatic heterocycles.